The van der Waals surface area contributed by atoms with Gasteiger partial charge < -0.3 is 10.6 Å². The topological polar surface area (TPSA) is 55.0 Å². The summed E-state index contributed by atoms with van der Waals surface area (Å²) < 4.78 is 0. The van der Waals surface area contributed by atoms with Gasteiger partial charge in [-0.2, -0.15) is 0 Å². The van der Waals surface area contributed by atoms with Crippen LogP contribution in [0.3, 0.4) is 0 Å². The zero-order valence-electron chi connectivity index (χ0n) is 6.78. The van der Waals surface area contributed by atoms with E-state index in [0.717, 1.165) is 6.54 Å². The lowest BCUT2D eigenvalue weighted by Gasteiger charge is -2.12. The van der Waals surface area contributed by atoms with Gasteiger partial charge in [0.05, 0.1) is 18.1 Å². The fourth-order valence-corrected chi connectivity index (χ4v) is 0.670. The highest BCUT2D eigenvalue weighted by molar-refractivity contribution is 5.36. The molecule has 0 saturated carbocycles. The maximum atomic E-state index is 5.42. The quantitative estimate of drug-likeness (QED) is 0.671. The first-order valence-electron chi connectivity index (χ1n) is 3.52. The Balaban J connectivity index is 2.81. The molecule has 2 N–H and O–H groups in total. The normalized spacial score (nSPS) is 9.64. The summed E-state index contributed by atoms with van der Waals surface area (Å²) in [6.07, 6.45) is 3.21. The average Bonchev–Trinajstić information content (AvgIpc) is 2.05. The minimum Gasteiger partial charge on any atom is -0.396 e. The molecule has 0 aliphatic carbocycles. The van der Waals surface area contributed by atoms with E-state index in [0.29, 0.717) is 11.6 Å². The summed E-state index contributed by atoms with van der Waals surface area (Å²) in [5.74, 6) is 0.710. The molecule has 0 bridgehead atoms. The van der Waals surface area contributed by atoms with Crippen LogP contribution in [0.25, 0.3) is 0 Å². The highest BCUT2D eigenvalue weighted by atomic mass is 15.2. The molecule has 1 aromatic rings. The molecule has 60 valence electrons. The lowest BCUT2D eigenvalue weighted by atomic mass is 10.5. The Hall–Kier alpha value is -1.32. The maximum Gasteiger partial charge on any atom is 0.225 e. The number of nitrogens with two attached hydrogens (primary N) is 1. The van der Waals surface area contributed by atoms with Crippen LogP contribution in [0.2, 0.25) is 0 Å². The summed E-state index contributed by atoms with van der Waals surface area (Å²) in [4.78, 5) is 10.0. The maximum absolute atomic E-state index is 5.42. The molecule has 1 aromatic heterocycles. The molecule has 1 heterocycles. The Bertz CT molecular complexity index is 218. The lowest BCUT2D eigenvalue weighted by molar-refractivity contribution is 0.902. The number of anilines is 2. The van der Waals surface area contributed by atoms with Crippen molar-refractivity contribution in [2.24, 2.45) is 0 Å². The van der Waals surface area contributed by atoms with Crippen molar-refractivity contribution in [3.63, 3.8) is 0 Å². The zero-order chi connectivity index (χ0) is 8.27. The minimum absolute atomic E-state index is 0.596. The fraction of sp³-hybridized carbons (Fsp3) is 0.429. The van der Waals surface area contributed by atoms with Gasteiger partial charge in [-0.1, -0.05) is 0 Å². The molecule has 4 nitrogen and oxygen atoms in total. The van der Waals surface area contributed by atoms with Crippen molar-refractivity contribution < 1.29 is 0 Å². The Kier molecular flexibility index (Phi) is 2.25. The number of nitrogens with zero attached hydrogens (tertiary/aromatic N) is 3. The van der Waals surface area contributed by atoms with Crippen LogP contribution in [0.1, 0.15) is 6.92 Å². The van der Waals surface area contributed by atoms with Gasteiger partial charge in [0, 0.05) is 13.6 Å². The van der Waals surface area contributed by atoms with E-state index < -0.39 is 0 Å². The van der Waals surface area contributed by atoms with Crippen molar-refractivity contribution in [1.29, 1.82) is 0 Å². The van der Waals surface area contributed by atoms with Crippen LogP contribution >= 0.6 is 0 Å². The van der Waals surface area contributed by atoms with E-state index >= 15 is 0 Å². The van der Waals surface area contributed by atoms with Crippen molar-refractivity contribution in [1.82, 2.24) is 9.97 Å². The van der Waals surface area contributed by atoms with Crippen LogP contribution < -0.4 is 10.6 Å². The molecule has 0 radical (unpaired) electrons. The molecule has 1 rings (SSSR count). The van der Waals surface area contributed by atoms with Crippen LogP contribution in [-0.2, 0) is 0 Å². The first-order valence-corrected chi connectivity index (χ1v) is 3.52. The van der Waals surface area contributed by atoms with Crippen molar-refractivity contribution in [2.45, 2.75) is 6.92 Å². The summed E-state index contributed by atoms with van der Waals surface area (Å²) in [6.45, 7) is 2.93. The minimum atomic E-state index is 0.596. The van der Waals surface area contributed by atoms with Crippen LogP contribution in [0, 0.1) is 0 Å². The van der Waals surface area contributed by atoms with Gasteiger partial charge in [0.25, 0.3) is 0 Å². The van der Waals surface area contributed by atoms with Crippen molar-refractivity contribution >= 4 is 11.6 Å². The number of hydrogen-bond acceptors (Lipinski definition) is 4. The highest BCUT2D eigenvalue weighted by Gasteiger charge is 1.98. The second-order valence-electron chi connectivity index (χ2n) is 2.33. The van der Waals surface area contributed by atoms with Gasteiger partial charge >= 0.3 is 0 Å². The van der Waals surface area contributed by atoms with E-state index in [1.807, 2.05) is 18.9 Å². The van der Waals surface area contributed by atoms with E-state index in [1.54, 1.807) is 12.4 Å². The first kappa shape index (κ1) is 7.78. The third kappa shape index (κ3) is 1.80. The summed E-state index contributed by atoms with van der Waals surface area (Å²) in [7, 11) is 1.94. The Morgan fingerprint density at radius 1 is 1.45 bits per heavy atom. The van der Waals surface area contributed by atoms with Gasteiger partial charge in [0.15, 0.2) is 0 Å². The van der Waals surface area contributed by atoms with Gasteiger partial charge in [-0.05, 0) is 6.92 Å². The van der Waals surface area contributed by atoms with Gasteiger partial charge in [-0.25, -0.2) is 9.97 Å². The molecule has 0 aliphatic heterocycles. The second kappa shape index (κ2) is 3.18. The number of aromatic nitrogens is 2. The van der Waals surface area contributed by atoms with E-state index in [4.69, 9.17) is 5.73 Å². The molecule has 4 heteroatoms. The molecule has 0 unspecified atom stereocenters. The third-order valence-electron chi connectivity index (χ3n) is 1.47. The molecule has 0 spiro atoms. The van der Waals surface area contributed by atoms with E-state index in [2.05, 4.69) is 9.97 Å². The monoisotopic (exact) mass is 152 g/mol. The van der Waals surface area contributed by atoms with Gasteiger partial charge in [0.2, 0.25) is 5.95 Å². The molecule has 0 aromatic carbocycles. The average molecular weight is 152 g/mol. The molecular weight excluding hydrogens is 140 g/mol. The lowest BCUT2D eigenvalue weighted by Crippen LogP contribution is -2.18. The first-order chi connectivity index (χ1) is 5.24. The summed E-state index contributed by atoms with van der Waals surface area (Å²) in [5.41, 5.74) is 6.02. The number of rotatable bonds is 2. The number of nitrogen functional groups attached to an aromatic ring is 1. The summed E-state index contributed by atoms with van der Waals surface area (Å²) >= 11 is 0. The van der Waals surface area contributed by atoms with Gasteiger partial charge in [-0.15, -0.1) is 0 Å². The predicted octanol–water partition coefficient (Wildman–Crippen LogP) is 0.515. The van der Waals surface area contributed by atoms with Crippen molar-refractivity contribution in [2.75, 3.05) is 24.2 Å². The largest absolute Gasteiger partial charge is 0.396 e. The van der Waals surface area contributed by atoms with Crippen LogP contribution in [0.4, 0.5) is 11.6 Å². The van der Waals surface area contributed by atoms with Crippen LogP contribution in [0.15, 0.2) is 12.4 Å². The van der Waals surface area contributed by atoms with E-state index in [-0.39, 0.29) is 0 Å². The second-order valence-corrected chi connectivity index (χ2v) is 2.33. The molecule has 0 saturated heterocycles. The SMILES string of the molecule is CCN(C)c1ncc(N)cn1. The Labute approximate surface area is 66.1 Å². The molecule has 0 aliphatic rings. The van der Waals surface area contributed by atoms with E-state index in [9.17, 15) is 0 Å². The Morgan fingerprint density at radius 3 is 2.45 bits per heavy atom. The smallest absolute Gasteiger partial charge is 0.225 e. The third-order valence-corrected chi connectivity index (χ3v) is 1.47. The predicted molar refractivity (Wildman–Crippen MR) is 45.4 cm³/mol. The van der Waals surface area contributed by atoms with E-state index in [1.165, 1.54) is 0 Å². The molecule has 0 atom stereocenters. The molecule has 0 amide bonds. The van der Waals surface area contributed by atoms with Gasteiger partial charge in [0.1, 0.15) is 0 Å². The Morgan fingerprint density at radius 2 is 2.00 bits per heavy atom. The molecule has 0 fully saturated rings. The standard InChI is InChI=1S/C7H12N4/c1-3-11(2)7-9-4-6(8)5-10-7/h4-5H,3,8H2,1-2H3. The molecule has 11 heavy (non-hydrogen) atoms. The zero-order valence-corrected chi connectivity index (χ0v) is 6.78. The molecular formula is C7H12N4. The van der Waals surface area contributed by atoms with Crippen molar-refractivity contribution in [3.05, 3.63) is 12.4 Å². The van der Waals surface area contributed by atoms with Gasteiger partial charge in [-0.3, -0.25) is 0 Å². The van der Waals surface area contributed by atoms with Crippen LogP contribution in [0.5, 0.6) is 0 Å². The van der Waals surface area contributed by atoms with Crippen LogP contribution in [-0.4, -0.2) is 23.6 Å². The fourth-order valence-electron chi connectivity index (χ4n) is 0.670. The van der Waals surface area contributed by atoms with Crippen molar-refractivity contribution in [3.8, 4) is 0 Å². The summed E-state index contributed by atoms with van der Waals surface area (Å²) in [6, 6.07) is 0. The summed E-state index contributed by atoms with van der Waals surface area (Å²) in [5, 5.41) is 0. The highest BCUT2D eigenvalue weighted by Crippen LogP contribution is 2.04. The number of hydrogen-bond donors (Lipinski definition) is 1.